The van der Waals surface area contributed by atoms with Gasteiger partial charge in [-0.25, -0.2) is 0 Å². The molecule has 2 aliphatic carbocycles. The van der Waals surface area contributed by atoms with Crippen LogP contribution in [0.2, 0.25) is 0 Å². The van der Waals surface area contributed by atoms with E-state index in [0.29, 0.717) is 56.5 Å². The molecule has 232 valence electrons. The molecule has 2 saturated heterocycles. The largest absolute Gasteiger partial charge is 0.353 e. The quantitative estimate of drug-likeness (QED) is 0.135. The Morgan fingerprint density at radius 1 is 0.619 bits per heavy atom. The maximum Gasteiger partial charge on any atom is 0.267 e. The molecule has 4 rings (SSSR count). The van der Waals surface area contributed by atoms with Gasteiger partial charge in [-0.1, -0.05) is 99.3 Å². The molecular formula is C30H44N4O4S4. The number of hydrogen-bond donors (Lipinski definition) is 2. The molecular weight excluding hydrogens is 609 g/mol. The normalized spacial score (nSPS) is 22.4. The van der Waals surface area contributed by atoms with E-state index in [2.05, 4.69) is 10.6 Å². The Kier molecular flexibility index (Phi) is 13.6. The molecule has 4 aliphatic rings. The minimum absolute atomic E-state index is 0.120. The van der Waals surface area contributed by atoms with Crippen LogP contribution < -0.4 is 10.6 Å². The number of carbonyl (C=O) groups excluding carboxylic acids is 4. The van der Waals surface area contributed by atoms with Gasteiger partial charge in [-0.2, -0.15) is 0 Å². The summed E-state index contributed by atoms with van der Waals surface area (Å²) < 4.78 is 0.920. The van der Waals surface area contributed by atoms with Gasteiger partial charge in [-0.15, -0.1) is 0 Å². The molecule has 4 fully saturated rings. The van der Waals surface area contributed by atoms with E-state index in [1.807, 2.05) is 0 Å². The van der Waals surface area contributed by atoms with E-state index in [1.54, 1.807) is 9.80 Å². The summed E-state index contributed by atoms with van der Waals surface area (Å²) in [4.78, 5) is 54.7. The lowest BCUT2D eigenvalue weighted by molar-refractivity contribution is -0.124. The first kappa shape index (κ1) is 33.4. The number of nitrogens with one attached hydrogen (secondary N) is 2. The van der Waals surface area contributed by atoms with E-state index in [-0.39, 0.29) is 23.6 Å². The van der Waals surface area contributed by atoms with E-state index in [4.69, 9.17) is 24.4 Å². The van der Waals surface area contributed by atoms with Gasteiger partial charge in [0.2, 0.25) is 11.8 Å². The molecule has 2 heterocycles. The molecule has 0 aromatic rings. The summed E-state index contributed by atoms with van der Waals surface area (Å²) in [5.41, 5.74) is 0. The van der Waals surface area contributed by atoms with E-state index < -0.39 is 0 Å². The monoisotopic (exact) mass is 652 g/mol. The fourth-order valence-corrected chi connectivity index (χ4v) is 8.79. The summed E-state index contributed by atoms with van der Waals surface area (Å²) >= 11 is 13.3. The van der Waals surface area contributed by atoms with Crippen LogP contribution in [-0.2, 0) is 19.2 Å². The van der Waals surface area contributed by atoms with Crippen molar-refractivity contribution >= 4 is 80.2 Å². The predicted octanol–water partition coefficient (Wildman–Crippen LogP) is 5.94. The third-order valence-corrected chi connectivity index (χ3v) is 11.4. The summed E-state index contributed by atoms with van der Waals surface area (Å²) in [5, 5.41) is 6.30. The second kappa shape index (κ2) is 17.1. The molecule has 42 heavy (non-hydrogen) atoms. The summed E-state index contributed by atoms with van der Waals surface area (Å²) in [6.07, 6.45) is 17.3. The molecule has 0 atom stereocenters. The van der Waals surface area contributed by atoms with E-state index in [1.165, 1.54) is 62.0 Å². The van der Waals surface area contributed by atoms with Crippen molar-refractivity contribution in [3.63, 3.8) is 0 Å². The van der Waals surface area contributed by atoms with Gasteiger partial charge in [0.25, 0.3) is 11.8 Å². The van der Waals surface area contributed by atoms with Crippen LogP contribution in [0.1, 0.15) is 116 Å². The molecule has 0 spiro atoms. The highest BCUT2D eigenvalue weighted by Crippen LogP contribution is 2.42. The number of unbranched alkanes of at least 4 members (excludes halogenated alkanes) is 4. The minimum atomic E-state index is -0.232. The molecule has 12 heteroatoms. The zero-order chi connectivity index (χ0) is 29.9. The van der Waals surface area contributed by atoms with Gasteiger partial charge in [0.05, 0.1) is 9.81 Å². The van der Waals surface area contributed by atoms with E-state index >= 15 is 0 Å². The van der Waals surface area contributed by atoms with Gasteiger partial charge >= 0.3 is 0 Å². The number of rotatable bonds is 14. The number of thiocarbonyl (C=S) groups is 2. The van der Waals surface area contributed by atoms with Crippen molar-refractivity contribution in [2.45, 2.75) is 128 Å². The van der Waals surface area contributed by atoms with Crippen molar-refractivity contribution in [3.8, 4) is 0 Å². The second-order valence-corrected chi connectivity index (χ2v) is 15.0. The fourth-order valence-electron chi connectivity index (χ4n) is 6.01. The summed E-state index contributed by atoms with van der Waals surface area (Å²) in [7, 11) is 0. The van der Waals surface area contributed by atoms with Gasteiger partial charge in [-0.05, 0) is 51.4 Å². The molecule has 2 N–H and O–H groups in total. The predicted molar refractivity (Wildman–Crippen MR) is 178 cm³/mol. The molecule has 2 saturated carbocycles. The van der Waals surface area contributed by atoms with Gasteiger partial charge in [0, 0.05) is 38.0 Å². The van der Waals surface area contributed by atoms with E-state index in [9.17, 15) is 19.2 Å². The van der Waals surface area contributed by atoms with Crippen molar-refractivity contribution in [1.82, 2.24) is 20.4 Å². The average Bonchev–Trinajstić information content (AvgIpc) is 3.42. The Bertz CT molecular complexity index is 988. The highest BCUT2D eigenvalue weighted by molar-refractivity contribution is 8.29. The number of hydrogen-bond acceptors (Lipinski definition) is 8. The summed E-state index contributed by atoms with van der Waals surface area (Å²) in [6, 6.07) is 0.663. The Labute approximate surface area is 269 Å². The van der Waals surface area contributed by atoms with Crippen LogP contribution in [0.25, 0.3) is 0 Å². The van der Waals surface area contributed by atoms with Gasteiger partial charge in [-0.3, -0.25) is 29.0 Å². The van der Waals surface area contributed by atoms with Crippen LogP contribution in [-0.4, -0.2) is 67.2 Å². The number of thioether (sulfide) groups is 2. The molecule has 2 aliphatic heterocycles. The Morgan fingerprint density at radius 3 is 1.38 bits per heavy atom. The van der Waals surface area contributed by atoms with Crippen LogP contribution in [0.15, 0.2) is 9.81 Å². The summed E-state index contributed by atoms with van der Waals surface area (Å²) in [6.45, 7) is 0.958. The number of carbonyl (C=O) groups is 4. The van der Waals surface area contributed by atoms with Crippen molar-refractivity contribution in [2.24, 2.45) is 0 Å². The zero-order valence-electron chi connectivity index (χ0n) is 24.5. The third kappa shape index (κ3) is 9.75. The topological polar surface area (TPSA) is 98.8 Å². The summed E-state index contributed by atoms with van der Waals surface area (Å²) in [5.74, 6) is -0.224. The minimum Gasteiger partial charge on any atom is -0.353 e. The SMILES string of the molecule is O=C(CCCCCN1C(=O)/C(=C2\SC(=S)N(CCCCCC(=O)NC3CCCCC3)C2=O)SC1=S)NC1CCCCC1. The highest BCUT2D eigenvalue weighted by Gasteiger charge is 2.41. The molecule has 0 aromatic heterocycles. The van der Waals surface area contributed by atoms with E-state index in [0.717, 1.165) is 64.2 Å². The van der Waals surface area contributed by atoms with Gasteiger partial charge in [0.1, 0.15) is 8.64 Å². The maximum atomic E-state index is 13.2. The van der Waals surface area contributed by atoms with Crippen molar-refractivity contribution < 1.29 is 19.2 Å². The average molecular weight is 653 g/mol. The van der Waals surface area contributed by atoms with Crippen molar-refractivity contribution in [3.05, 3.63) is 9.81 Å². The second-order valence-electron chi connectivity index (χ2n) is 11.7. The molecule has 0 radical (unpaired) electrons. The molecule has 0 unspecified atom stereocenters. The molecule has 4 amide bonds. The lowest BCUT2D eigenvalue weighted by atomic mass is 9.95. The highest BCUT2D eigenvalue weighted by atomic mass is 32.2. The first-order chi connectivity index (χ1) is 20.3. The Hall–Kier alpha value is -1.50. The molecule has 8 nitrogen and oxygen atoms in total. The lowest BCUT2D eigenvalue weighted by Gasteiger charge is -2.22. The maximum absolute atomic E-state index is 13.2. The number of amides is 4. The standard InChI is InChI=1S/C30H44N4O4S4/c35-23(31-21-13-5-1-6-14-21)17-9-3-11-19-33-27(37)25(41-29(33)39)26-28(38)34(30(40)42-26)20-12-4-10-18-24(36)32-22-15-7-2-8-16-22/h21-22H,1-20H2,(H,31,35)(H,32,36)/b26-25+. The number of nitrogens with zero attached hydrogens (tertiary/aromatic N) is 2. The van der Waals surface area contributed by atoms with Crippen molar-refractivity contribution in [1.29, 1.82) is 0 Å². The van der Waals surface area contributed by atoms with Gasteiger partial charge in [0.15, 0.2) is 0 Å². The third-order valence-electron chi connectivity index (χ3n) is 8.42. The lowest BCUT2D eigenvalue weighted by Crippen LogP contribution is -2.36. The van der Waals surface area contributed by atoms with Crippen LogP contribution in [0, 0.1) is 0 Å². The van der Waals surface area contributed by atoms with Gasteiger partial charge < -0.3 is 10.6 Å². The van der Waals surface area contributed by atoms with Crippen LogP contribution in [0.5, 0.6) is 0 Å². The first-order valence-electron chi connectivity index (χ1n) is 15.7. The Balaban J connectivity index is 1.14. The molecule has 0 aromatic carbocycles. The van der Waals surface area contributed by atoms with Crippen molar-refractivity contribution in [2.75, 3.05) is 13.1 Å². The first-order valence-corrected chi connectivity index (χ1v) is 18.2. The van der Waals surface area contributed by atoms with Crippen LogP contribution in [0.3, 0.4) is 0 Å². The van der Waals surface area contributed by atoms with Crippen LogP contribution in [0.4, 0.5) is 0 Å². The molecule has 0 bridgehead atoms. The Morgan fingerprint density at radius 2 is 1.00 bits per heavy atom. The zero-order valence-corrected chi connectivity index (χ0v) is 27.7. The fraction of sp³-hybridized carbons (Fsp3) is 0.733. The smallest absolute Gasteiger partial charge is 0.267 e. The van der Waals surface area contributed by atoms with Crippen LogP contribution >= 0.6 is 48.0 Å².